The molecule has 5 rings (SSSR count). The lowest BCUT2D eigenvalue weighted by Crippen LogP contribution is -2.56. The van der Waals surface area contributed by atoms with Crippen LogP contribution in [-0.2, 0) is 24.3 Å². The highest BCUT2D eigenvalue weighted by molar-refractivity contribution is 7.91. The van der Waals surface area contributed by atoms with Gasteiger partial charge in [0, 0.05) is 30.0 Å². The molecule has 226 valence electrons. The van der Waals surface area contributed by atoms with E-state index in [-0.39, 0.29) is 19.4 Å². The first kappa shape index (κ1) is 29.6. The van der Waals surface area contributed by atoms with Crippen LogP contribution in [0.3, 0.4) is 0 Å². The molecule has 0 radical (unpaired) electrons. The van der Waals surface area contributed by atoms with Crippen LogP contribution < -0.4 is 19.5 Å². The van der Waals surface area contributed by atoms with Crippen molar-refractivity contribution in [3.8, 4) is 11.5 Å². The molecule has 13 heteroatoms. The van der Waals surface area contributed by atoms with Crippen molar-refractivity contribution >= 4 is 38.8 Å². The lowest BCUT2D eigenvalue weighted by atomic mass is 10.1. The number of sulfonamides is 1. The van der Waals surface area contributed by atoms with Gasteiger partial charge in [-0.3, -0.25) is 24.2 Å². The minimum Gasteiger partial charge on any atom is -0.497 e. The fourth-order valence-electron chi connectivity index (χ4n) is 5.18. The topological polar surface area (TPSA) is 153 Å². The maximum absolute atomic E-state index is 13.7. The largest absolute Gasteiger partial charge is 0.497 e. The van der Waals surface area contributed by atoms with Gasteiger partial charge in [-0.2, -0.15) is 0 Å². The molecule has 12 nitrogen and oxygen atoms in total. The van der Waals surface area contributed by atoms with E-state index >= 15 is 0 Å². The number of ether oxygens (including phenoxy) is 3. The molecule has 2 heterocycles. The molecule has 4 atom stereocenters. The Morgan fingerprint density at radius 3 is 2.55 bits per heavy atom. The number of likely N-dealkylation sites (tertiary alicyclic amines) is 1. The summed E-state index contributed by atoms with van der Waals surface area (Å²) >= 11 is 0. The van der Waals surface area contributed by atoms with Crippen molar-refractivity contribution in [3.63, 3.8) is 0 Å². The van der Waals surface area contributed by atoms with E-state index in [0.717, 1.165) is 5.39 Å². The Kier molecular flexibility index (Phi) is 7.58. The smallest absolute Gasteiger partial charge is 0.411 e. The summed E-state index contributed by atoms with van der Waals surface area (Å²) in [6.45, 7) is 8.94. The predicted octanol–water partition coefficient (Wildman–Crippen LogP) is 2.67. The minimum absolute atomic E-state index is 0.0487. The summed E-state index contributed by atoms with van der Waals surface area (Å²) in [6.07, 6.45) is 3.10. The molecule has 1 aromatic carbocycles. The number of fused-ring (bicyclic) bond motifs is 1. The molecule has 0 unspecified atom stereocenters. The van der Waals surface area contributed by atoms with Gasteiger partial charge in [-0.1, -0.05) is 6.08 Å². The van der Waals surface area contributed by atoms with Gasteiger partial charge in [-0.25, -0.2) is 13.2 Å². The minimum atomic E-state index is -3.83. The number of pyridine rings is 1. The van der Waals surface area contributed by atoms with E-state index in [0.29, 0.717) is 29.9 Å². The lowest BCUT2D eigenvalue weighted by Gasteiger charge is -2.29. The van der Waals surface area contributed by atoms with Crippen LogP contribution >= 0.6 is 0 Å². The van der Waals surface area contributed by atoms with Gasteiger partial charge in [0.15, 0.2) is 0 Å². The van der Waals surface area contributed by atoms with Crippen molar-refractivity contribution < 1.29 is 37.0 Å². The van der Waals surface area contributed by atoms with Gasteiger partial charge in [-0.15, -0.1) is 6.58 Å². The maximum atomic E-state index is 13.7. The molecule has 2 saturated carbocycles. The third kappa shape index (κ3) is 6.01. The van der Waals surface area contributed by atoms with Crippen LogP contribution in [0.4, 0.5) is 4.79 Å². The van der Waals surface area contributed by atoms with Crippen LogP contribution in [0.25, 0.3) is 10.9 Å². The Morgan fingerprint density at radius 2 is 1.93 bits per heavy atom. The normalized spacial score (nSPS) is 25.4. The third-order valence-corrected chi connectivity index (χ3v) is 9.46. The number of benzene rings is 1. The Balaban J connectivity index is 1.37. The standard InChI is InChI=1S/C29H36N4O8S/c1-6-17-15-29(17,26(35)32-42(37,38)20-8-9-20)31-25(34)23-14-19(16-33(23)27(36)41-28(2,3)4)40-24-11-12-30-22-13-18(39-5)7-10-21(22)24/h6-7,10-13,17,19-20,23H,1,8-9,14-16H2,2-5H3,(H,31,34)(H,32,35)/t17-,19-,23+,29-/m1/s1. The van der Waals surface area contributed by atoms with E-state index < -0.39 is 62.4 Å². The number of methoxy groups -OCH3 is 1. The van der Waals surface area contributed by atoms with Crippen LogP contribution in [0.2, 0.25) is 0 Å². The van der Waals surface area contributed by atoms with Gasteiger partial charge in [0.05, 0.1) is 24.4 Å². The van der Waals surface area contributed by atoms with Crippen molar-refractivity contribution in [1.29, 1.82) is 0 Å². The number of carbonyl (C=O) groups excluding carboxylic acids is 3. The molecular weight excluding hydrogens is 564 g/mol. The Labute approximate surface area is 244 Å². The fourth-order valence-corrected chi connectivity index (χ4v) is 6.55. The summed E-state index contributed by atoms with van der Waals surface area (Å²) < 4.78 is 44.2. The van der Waals surface area contributed by atoms with Gasteiger partial charge in [0.25, 0.3) is 5.91 Å². The Morgan fingerprint density at radius 1 is 1.19 bits per heavy atom. The maximum Gasteiger partial charge on any atom is 0.411 e. The molecule has 3 amide bonds. The summed E-state index contributed by atoms with van der Waals surface area (Å²) in [5, 5.41) is 2.88. The number of nitrogens with one attached hydrogen (secondary N) is 2. The van der Waals surface area contributed by atoms with Crippen LogP contribution in [0.15, 0.2) is 43.1 Å². The average Bonchev–Trinajstić information content (AvgIpc) is 3.84. The van der Waals surface area contributed by atoms with E-state index in [2.05, 4.69) is 21.6 Å². The van der Waals surface area contributed by atoms with Crippen molar-refractivity contribution in [1.82, 2.24) is 19.9 Å². The van der Waals surface area contributed by atoms with E-state index in [4.69, 9.17) is 14.2 Å². The molecule has 2 N–H and O–H groups in total. The second-order valence-corrected chi connectivity index (χ2v) is 14.0. The van der Waals surface area contributed by atoms with Crippen molar-refractivity contribution in [2.75, 3.05) is 13.7 Å². The highest BCUT2D eigenvalue weighted by Gasteiger charge is 2.62. The highest BCUT2D eigenvalue weighted by atomic mass is 32.2. The molecule has 1 saturated heterocycles. The molecule has 2 aliphatic carbocycles. The average molecular weight is 601 g/mol. The second-order valence-electron chi connectivity index (χ2n) is 12.0. The molecule has 1 aliphatic heterocycles. The first-order chi connectivity index (χ1) is 19.8. The fraction of sp³-hybridized carbons (Fsp3) is 0.517. The van der Waals surface area contributed by atoms with Gasteiger partial charge in [-0.05, 0) is 58.2 Å². The number of hydrogen-bond donors (Lipinski definition) is 2. The SMILES string of the molecule is C=C[C@@H]1C[C@]1(NC(=O)[C@@H]1C[C@@H](Oc2ccnc3cc(OC)ccc23)CN1C(=O)OC(C)(C)C)C(=O)NS(=O)(=O)C1CC1. The number of carbonyl (C=O) groups is 3. The van der Waals surface area contributed by atoms with E-state index in [1.54, 1.807) is 52.3 Å². The molecular formula is C29H36N4O8S. The number of nitrogens with zero attached hydrogens (tertiary/aromatic N) is 2. The zero-order chi connectivity index (χ0) is 30.4. The number of hydrogen-bond acceptors (Lipinski definition) is 9. The summed E-state index contributed by atoms with van der Waals surface area (Å²) in [5.41, 5.74) is -1.64. The van der Waals surface area contributed by atoms with Crippen molar-refractivity contribution in [3.05, 3.63) is 43.1 Å². The number of amides is 3. The van der Waals surface area contributed by atoms with Crippen LogP contribution in [0.5, 0.6) is 11.5 Å². The van der Waals surface area contributed by atoms with Crippen molar-refractivity contribution in [2.45, 2.75) is 75.0 Å². The van der Waals surface area contributed by atoms with Gasteiger partial charge >= 0.3 is 6.09 Å². The van der Waals surface area contributed by atoms with Gasteiger partial charge < -0.3 is 19.5 Å². The Hall–Kier alpha value is -3.87. The third-order valence-electron chi connectivity index (χ3n) is 7.65. The van der Waals surface area contributed by atoms with E-state index in [1.807, 2.05) is 6.07 Å². The van der Waals surface area contributed by atoms with Gasteiger partial charge in [0.1, 0.15) is 34.8 Å². The van der Waals surface area contributed by atoms with E-state index in [9.17, 15) is 22.8 Å². The summed E-state index contributed by atoms with van der Waals surface area (Å²) in [5.74, 6) is -0.713. The van der Waals surface area contributed by atoms with Crippen LogP contribution in [0.1, 0.15) is 46.5 Å². The molecule has 3 fully saturated rings. The number of aromatic nitrogens is 1. The molecule has 2 aromatic rings. The van der Waals surface area contributed by atoms with Gasteiger partial charge in [0.2, 0.25) is 15.9 Å². The summed E-state index contributed by atoms with van der Waals surface area (Å²) in [6, 6.07) is 6.06. The van der Waals surface area contributed by atoms with Crippen molar-refractivity contribution in [2.24, 2.45) is 5.92 Å². The summed E-state index contributed by atoms with van der Waals surface area (Å²) in [4.78, 5) is 45.8. The quantitative estimate of drug-likeness (QED) is 0.414. The highest BCUT2D eigenvalue weighted by Crippen LogP contribution is 2.45. The van der Waals surface area contributed by atoms with Crippen LogP contribution in [0, 0.1) is 5.92 Å². The zero-order valence-electron chi connectivity index (χ0n) is 24.1. The Bertz CT molecular complexity index is 1530. The summed E-state index contributed by atoms with van der Waals surface area (Å²) in [7, 11) is -2.26. The molecule has 42 heavy (non-hydrogen) atoms. The zero-order valence-corrected chi connectivity index (χ0v) is 24.9. The monoisotopic (exact) mass is 600 g/mol. The molecule has 0 spiro atoms. The first-order valence-electron chi connectivity index (χ1n) is 13.9. The predicted molar refractivity (Wildman–Crippen MR) is 153 cm³/mol. The number of rotatable bonds is 9. The second kappa shape index (κ2) is 10.8. The molecule has 3 aliphatic rings. The molecule has 0 bridgehead atoms. The first-order valence-corrected chi connectivity index (χ1v) is 15.4. The van der Waals surface area contributed by atoms with Crippen LogP contribution in [-0.4, -0.2) is 78.4 Å². The molecule has 1 aromatic heterocycles. The lowest BCUT2D eigenvalue weighted by molar-refractivity contribution is -0.131. The van der Waals surface area contributed by atoms with E-state index in [1.165, 1.54) is 11.0 Å².